The summed E-state index contributed by atoms with van der Waals surface area (Å²) in [6, 6.07) is 14.8. The summed E-state index contributed by atoms with van der Waals surface area (Å²) in [6.07, 6.45) is 1.77. The number of benzene rings is 2. The summed E-state index contributed by atoms with van der Waals surface area (Å²) in [5.41, 5.74) is 8.80. The third-order valence-corrected chi connectivity index (χ3v) is 2.89. The van der Waals surface area contributed by atoms with Crippen molar-refractivity contribution in [2.45, 2.75) is 6.42 Å². The summed E-state index contributed by atoms with van der Waals surface area (Å²) in [5.74, 6) is -0.417. The Balaban J connectivity index is 1.97. The molecule has 0 saturated heterocycles. The summed E-state index contributed by atoms with van der Waals surface area (Å²) in [6.45, 7) is 3.66. The van der Waals surface area contributed by atoms with E-state index in [9.17, 15) is 4.79 Å². The van der Waals surface area contributed by atoms with Crippen molar-refractivity contribution in [2.24, 2.45) is 10.2 Å². The lowest BCUT2D eigenvalue weighted by Crippen LogP contribution is -2.04. The number of hydrogen-bond acceptors (Lipinski definition) is 5. The summed E-state index contributed by atoms with van der Waals surface area (Å²) >= 11 is 0. The van der Waals surface area contributed by atoms with Gasteiger partial charge < -0.3 is 10.5 Å². The molecule has 22 heavy (non-hydrogen) atoms. The quantitative estimate of drug-likeness (QED) is 0.379. The smallest absolute Gasteiger partial charge is 0.330 e. The van der Waals surface area contributed by atoms with E-state index in [1.165, 1.54) is 0 Å². The topological polar surface area (TPSA) is 77.0 Å². The molecule has 0 fully saturated rings. The molecule has 2 rings (SSSR count). The molecule has 0 aliphatic rings. The van der Waals surface area contributed by atoms with Crippen LogP contribution in [0, 0.1) is 0 Å². The van der Waals surface area contributed by atoms with Gasteiger partial charge in [-0.25, -0.2) is 4.79 Å². The number of nitrogens with zero attached hydrogens (tertiary/aromatic N) is 2. The van der Waals surface area contributed by atoms with Crippen molar-refractivity contribution in [2.75, 3.05) is 12.3 Å². The van der Waals surface area contributed by atoms with Crippen LogP contribution in [-0.4, -0.2) is 12.6 Å². The lowest BCUT2D eigenvalue weighted by Gasteiger charge is -2.03. The van der Waals surface area contributed by atoms with Gasteiger partial charge in [-0.1, -0.05) is 18.7 Å². The van der Waals surface area contributed by atoms with Crippen molar-refractivity contribution in [1.82, 2.24) is 0 Å². The van der Waals surface area contributed by atoms with E-state index in [-0.39, 0.29) is 0 Å². The molecular weight excluding hydrogens is 278 g/mol. The largest absolute Gasteiger partial charge is 0.462 e. The van der Waals surface area contributed by atoms with Gasteiger partial charge in [0.25, 0.3) is 0 Å². The van der Waals surface area contributed by atoms with Crippen LogP contribution in [0.15, 0.2) is 71.4 Å². The second kappa shape index (κ2) is 7.73. The number of esters is 1. The van der Waals surface area contributed by atoms with Crippen molar-refractivity contribution in [3.63, 3.8) is 0 Å². The first-order valence-electron chi connectivity index (χ1n) is 6.83. The van der Waals surface area contributed by atoms with Gasteiger partial charge in [-0.2, -0.15) is 10.2 Å². The summed E-state index contributed by atoms with van der Waals surface area (Å²) < 4.78 is 4.95. The van der Waals surface area contributed by atoms with Crippen LogP contribution in [0.4, 0.5) is 17.1 Å². The van der Waals surface area contributed by atoms with E-state index < -0.39 is 5.97 Å². The normalized spacial score (nSPS) is 10.5. The van der Waals surface area contributed by atoms with E-state index in [0.717, 1.165) is 23.0 Å². The van der Waals surface area contributed by atoms with Gasteiger partial charge in [-0.15, -0.1) is 0 Å². The number of carbonyl (C=O) groups excluding carboxylic acids is 1. The second-order valence-electron chi connectivity index (χ2n) is 4.58. The van der Waals surface area contributed by atoms with Crippen LogP contribution in [0.25, 0.3) is 0 Å². The first-order chi connectivity index (χ1) is 10.7. The maximum absolute atomic E-state index is 11.0. The minimum absolute atomic E-state index is 0.309. The Morgan fingerprint density at radius 3 is 2.59 bits per heavy atom. The molecule has 2 aromatic carbocycles. The molecule has 2 N–H and O–H groups in total. The van der Waals surface area contributed by atoms with Crippen molar-refractivity contribution < 1.29 is 9.53 Å². The molecule has 0 bridgehead atoms. The Labute approximate surface area is 129 Å². The second-order valence-corrected chi connectivity index (χ2v) is 4.58. The van der Waals surface area contributed by atoms with E-state index in [1.54, 1.807) is 24.3 Å². The maximum Gasteiger partial charge on any atom is 0.330 e. The SMILES string of the molecule is C=CC(=O)OCCc1cccc(/N=N/c2ccc(N)cc2)c1. The van der Waals surface area contributed by atoms with Gasteiger partial charge in [-0.05, 0) is 42.0 Å². The number of nitrogens with two attached hydrogens (primary N) is 1. The summed E-state index contributed by atoms with van der Waals surface area (Å²) in [5, 5.41) is 8.34. The third kappa shape index (κ3) is 4.86. The van der Waals surface area contributed by atoms with Gasteiger partial charge in [-0.3, -0.25) is 0 Å². The van der Waals surface area contributed by atoms with E-state index in [2.05, 4.69) is 16.8 Å². The van der Waals surface area contributed by atoms with Crippen LogP contribution >= 0.6 is 0 Å². The van der Waals surface area contributed by atoms with Gasteiger partial charge >= 0.3 is 5.97 Å². The molecule has 112 valence electrons. The maximum atomic E-state index is 11.0. The molecule has 5 heteroatoms. The van der Waals surface area contributed by atoms with Crippen LogP contribution in [0.1, 0.15) is 5.56 Å². The molecule has 0 amide bonds. The standard InChI is InChI=1S/C17H17N3O2/c1-2-17(21)22-11-10-13-4-3-5-16(12-13)20-19-15-8-6-14(18)7-9-15/h2-9,12H,1,10-11,18H2/b20-19+. The van der Waals surface area contributed by atoms with Crippen molar-refractivity contribution in [3.05, 3.63) is 66.7 Å². The van der Waals surface area contributed by atoms with Gasteiger partial charge in [0.2, 0.25) is 0 Å². The van der Waals surface area contributed by atoms with Gasteiger partial charge in [0.15, 0.2) is 0 Å². The zero-order chi connectivity index (χ0) is 15.8. The fraction of sp³-hybridized carbons (Fsp3) is 0.118. The molecule has 0 radical (unpaired) electrons. The number of carbonyl (C=O) groups is 1. The van der Waals surface area contributed by atoms with Crippen molar-refractivity contribution in [1.29, 1.82) is 0 Å². The molecular formula is C17H17N3O2. The highest BCUT2D eigenvalue weighted by Crippen LogP contribution is 2.20. The minimum Gasteiger partial charge on any atom is -0.462 e. The number of rotatable bonds is 6. The van der Waals surface area contributed by atoms with E-state index >= 15 is 0 Å². The van der Waals surface area contributed by atoms with E-state index in [0.29, 0.717) is 18.7 Å². The minimum atomic E-state index is -0.417. The molecule has 0 aliphatic heterocycles. The van der Waals surface area contributed by atoms with Crippen molar-refractivity contribution >= 4 is 23.0 Å². The molecule has 2 aromatic rings. The Bertz CT molecular complexity index is 679. The number of hydrogen-bond donors (Lipinski definition) is 1. The zero-order valence-corrected chi connectivity index (χ0v) is 12.1. The zero-order valence-electron chi connectivity index (χ0n) is 12.1. The van der Waals surface area contributed by atoms with E-state index in [4.69, 9.17) is 10.5 Å². The van der Waals surface area contributed by atoms with Crippen LogP contribution in [-0.2, 0) is 16.0 Å². The fourth-order valence-corrected chi connectivity index (χ4v) is 1.76. The van der Waals surface area contributed by atoms with Crippen molar-refractivity contribution in [3.8, 4) is 0 Å². The highest BCUT2D eigenvalue weighted by atomic mass is 16.5. The molecule has 0 unspecified atom stereocenters. The third-order valence-electron chi connectivity index (χ3n) is 2.89. The lowest BCUT2D eigenvalue weighted by atomic mass is 10.1. The number of ether oxygens (including phenoxy) is 1. The monoisotopic (exact) mass is 295 g/mol. The summed E-state index contributed by atoms with van der Waals surface area (Å²) in [4.78, 5) is 11.0. The number of azo groups is 1. The Kier molecular flexibility index (Phi) is 5.43. The lowest BCUT2D eigenvalue weighted by molar-refractivity contribution is -0.137. The van der Waals surface area contributed by atoms with Crippen LogP contribution in [0.5, 0.6) is 0 Å². The molecule has 0 atom stereocenters. The highest BCUT2D eigenvalue weighted by molar-refractivity contribution is 5.81. The molecule has 5 nitrogen and oxygen atoms in total. The number of nitrogen functional groups attached to an aromatic ring is 1. The van der Waals surface area contributed by atoms with Gasteiger partial charge in [0, 0.05) is 18.2 Å². The average Bonchev–Trinajstić information content (AvgIpc) is 2.54. The van der Waals surface area contributed by atoms with Crippen LogP contribution in [0.2, 0.25) is 0 Å². The first kappa shape index (κ1) is 15.4. The van der Waals surface area contributed by atoms with Crippen LogP contribution < -0.4 is 5.73 Å². The Morgan fingerprint density at radius 2 is 1.86 bits per heavy atom. The van der Waals surface area contributed by atoms with E-state index in [1.807, 2.05) is 24.3 Å². The van der Waals surface area contributed by atoms with Gasteiger partial charge in [0.05, 0.1) is 18.0 Å². The molecule has 0 saturated carbocycles. The molecule has 0 aromatic heterocycles. The predicted octanol–water partition coefficient (Wildman–Crippen LogP) is 3.96. The van der Waals surface area contributed by atoms with Crippen LogP contribution in [0.3, 0.4) is 0 Å². The first-order valence-corrected chi connectivity index (χ1v) is 6.83. The summed E-state index contributed by atoms with van der Waals surface area (Å²) in [7, 11) is 0. The number of anilines is 1. The molecule has 0 spiro atoms. The Hall–Kier alpha value is -2.95. The Morgan fingerprint density at radius 1 is 1.14 bits per heavy atom. The molecule has 0 heterocycles. The fourth-order valence-electron chi connectivity index (χ4n) is 1.76. The predicted molar refractivity (Wildman–Crippen MR) is 86.3 cm³/mol. The molecule has 0 aliphatic carbocycles. The average molecular weight is 295 g/mol. The van der Waals surface area contributed by atoms with Gasteiger partial charge in [0.1, 0.15) is 0 Å². The highest BCUT2D eigenvalue weighted by Gasteiger charge is 1.99.